The molecular formula is C12H13F3N2O2. The predicted octanol–water partition coefficient (Wildman–Crippen LogP) is 2.28. The predicted molar refractivity (Wildman–Crippen MR) is 62.8 cm³/mol. The number of hydrogen-bond acceptors (Lipinski definition) is 3. The number of carbonyl (C=O) groups excluding carboxylic acids is 1. The van der Waals surface area contributed by atoms with Crippen molar-refractivity contribution >= 4 is 11.6 Å². The van der Waals surface area contributed by atoms with Crippen LogP contribution in [0.15, 0.2) is 24.3 Å². The first kappa shape index (κ1) is 13.5. The molecule has 19 heavy (non-hydrogen) atoms. The minimum absolute atomic E-state index is 0.0886. The summed E-state index contributed by atoms with van der Waals surface area (Å²) >= 11 is 0. The van der Waals surface area contributed by atoms with Crippen LogP contribution in [0.4, 0.5) is 18.9 Å². The standard InChI is InChI=1S/C12H13F3N2O2/c13-12(14,15)19-10-4-2-1-3-9(10)16-7-11(18)17-8-5-6-8/h1-4,8,16H,5-7H2,(H,17,18). The number of halogens is 3. The van der Waals surface area contributed by atoms with Gasteiger partial charge in [0.1, 0.15) is 0 Å². The number of alkyl halides is 3. The zero-order valence-corrected chi connectivity index (χ0v) is 9.96. The van der Waals surface area contributed by atoms with Crippen LogP contribution in [0.1, 0.15) is 12.8 Å². The van der Waals surface area contributed by atoms with Gasteiger partial charge in [0.05, 0.1) is 12.2 Å². The quantitative estimate of drug-likeness (QED) is 0.866. The van der Waals surface area contributed by atoms with Gasteiger partial charge in [0.25, 0.3) is 0 Å². The summed E-state index contributed by atoms with van der Waals surface area (Å²) in [5, 5.41) is 5.36. The van der Waals surface area contributed by atoms with Crippen LogP contribution in [0.5, 0.6) is 5.75 Å². The minimum Gasteiger partial charge on any atom is -0.404 e. The van der Waals surface area contributed by atoms with E-state index in [2.05, 4.69) is 15.4 Å². The molecule has 0 aliphatic heterocycles. The third-order valence-electron chi connectivity index (χ3n) is 2.49. The molecule has 0 atom stereocenters. The van der Waals surface area contributed by atoms with Crippen molar-refractivity contribution in [3.8, 4) is 5.75 Å². The number of rotatable bonds is 5. The Kier molecular flexibility index (Phi) is 3.82. The Morgan fingerprint density at radius 3 is 2.63 bits per heavy atom. The summed E-state index contributed by atoms with van der Waals surface area (Å²) in [5.74, 6) is -0.599. The van der Waals surface area contributed by atoms with E-state index in [9.17, 15) is 18.0 Å². The van der Waals surface area contributed by atoms with E-state index in [-0.39, 0.29) is 29.9 Å². The van der Waals surface area contributed by atoms with Crippen LogP contribution in [0.3, 0.4) is 0 Å². The average Bonchev–Trinajstić information content (AvgIpc) is 3.10. The fourth-order valence-corrected chi connectivity index (χ4v) is 1.51. The van der Waals surface area contributed by atoms with Gasteiger partial charge in [-0.2, -0.15) is 0 Å². The molecule has 1 aromatic rings. The Hall–Kier alpha value is -1.92. The molecule has 0 bridgehead atoms. The van der Waals surface area contributed by atoms with Gasteiger partial charge in [-0.1, -0.05) is 12.1 Å². The summed E-state index contributed by atoms with van der Waals surface area (Å²) in [7, 11) is 0. The number of benzene rings is 1. The van der Waals surface area contributed by atoms with Gasteiger partial charge >= 0.3 is 6.36 Å². The molecule has 1 aliphatic carbocycles. The first-order valence-corrected chi connectivity index (χ1v) is 5.82. The van der Waals surface area contributed by atoms with Crippen LogP contribution in [0.2, 0.25) is 0 Å². The van der Waals surface area contributed by atoms with Gasteiger partial charge in [0.2, 0.25) is 5.91 Å². The van der Waals surface area contributed by atoms with Crippen LogP contribution in [0, 0.1) is 0 Å². The molecule has 2 N–H and O–H groups in total. The van der Waals surface area contributed by atoms with E-state index >= 15 is 0 Å². The summed E-state index contributed by atoms with van der Waals surface area (Å²) < 4.78 is 40.4. The summed E-state index contributed by atoms with van der Waals surface area (Å²) in [6.07, 6.45) is -2.84. The highest BCUT2D eigenvalue weighted by molar-refractivity contribution is 5.81. The minimum atomic E-state index is -4.76. The first-order valence-electron chi connectivity index (χ1n) is 5.82. The number of ether oxygens (including phenoxy) is 1. The van der Waals surface area contributed by atoms with Gasteiger partial charge < -0.3 is 15.4 Å². The molecule has 0 unspecified atom stereocenters. The lowest BCUT2D eigenvalue weighted by atomic mass is 10.3. The van der Waals surface area contributed by atoms with E-state index in [4.69, 9.17) is 0 Å². The maximum Gasteiger partial charge on any atom is 0.573 e. The lowest BCUT2D eigenvalue weighted by Crippen LogP contribution is -2.31. The fourth-order valence-electron chi connectivity index (χ4n) is 1.51. The van der Waals surface area contributed by atoms with Crippen LogP contribution < -0.4 is 15.4 Å². The zero-order chi connectivity index (χ0) is 13.9. The Balaban J connectivity index is 1.93. The molecule has 4 nitrogen and oxygen atoms in total. The highest BCUT2D eigenvalue weighted by atomic mass is 19.4. The van der Waals surface area contributed by atoms with Gasteiger partial charge in [-0.3, -0.25) is 4.79 Å². The summed E-state index contributed by atoms with van der Waals surface area (Å²) in [6, 6.07) is 5.82. The summed E-state index contributed by atoms with van der Waals surface area (Å²) in [5.41, 5.74) is 0.130. The van der Waals surface area contributed by atoms with E-state index < -0.39 is 6.36 Å². The molecule has 7 heteroatoms. The van der Waals surface area contributed by atoms with Crippen molar-refractivity contribution in [2.75, 3.05) is 11.9 Å². The van der Waals surface area contributed by atoms with Crippen LogP contribution in [-0.4, -0.2) is 24.9 Å². The molecule has 104 valence electrons. The van der Waals surface area contributed by atoms with E-state index in [0.29, 0.717) is 0 Å². The van der Waals surface area contributed by atoms with Gasteiger partial charge in [-0.05, 0) is 25.0 Å². The molecular weight excluding hydrogens is 261 g/mol. The van der Waals surface area contributed by atoms with E-state index in [1.807, 2.05) is 0 Å². The Labute approximate surface area is 107 Å². The number of anilines is 1. The maximum absolute atomic E-state index is 12.2. The molecule has 1 aromatic carbocycles. The highest BCUT2D eigenvalue weighted by Gasteiger charge is 2.32. The lowest BCUT2D eigenvalue weighted by Gasteiger charge is -2.14. The van der Waals surface area contributed by atoms with Gasteiger partial charge in [0.15, 0.2) is 5.75 Å². The molecule has 0 spiro atoms. The largest absolute Gasteiger partial charge is 0.573 e. The van der Waals surface area contributed by atoms with Crippen molar-refractivity contribution in [1.29, 1.82) is 0 Å². The van der Waals surface area contributed by atoms with E-state index in [1.165, 1.54) is 18.2 Å². The molecule has 0 heterocycles. The topological polar surface area (TPSA) is 50.4 Å². The van der Waals surface area contributed by atoms with Crippen molar-refractivity contribution < 1.29 is 22.7 Å². The number of amides is 1. The number of hydrogen-bond donors (Lipinski definition) is 2. The normalized spacial score (nSPS) is 14.9. The fraction of sp³-hybridized carbons (Fsp3) is 0.417. The number of nitrogens with one attached hydrogen (secondary N) is 2. The van der Waals surface area contributed by atoms with Crippen LogP contribution in [0.25, 0.3) is 0 Å². The van der Waals surface area contributed by atoms with Crippen LogP contribution >= 0.6 is 0 Å². The van der Waals surface area contributed by atoms with E-state index in [1.54, 1.807) is 6.07 Å². The van der Waals surface area contributed by atoms with Gasteiger partial charge in [-0.25, -0.2) is 0 Å². The molecule has 1 aliphatic rings. The van der Waals surface area contributed by atoms with Gasteiger partial charge in [0, 0.05) is 6.04 Å². The monoisotopic (exact) mass is 274 g/mol. The SMILES string of the molecule is O=C(CNc1ccccc1OC(F)(F)F)NC1CC1. The van der Waals surface area contributed by atoms with Crippen molar-refractivity contribution in [2.24, 2.45) is 0 Å². The van der Waals surface area contributed by atoms with Crippen molar-refractivity contribution in [1.82, 2.24) is 5.32 Å². The van der Waals surface area contributed by atoms with Crippen molar-refractivity contribution in [2.45, 2.75) is 25.2 Å². The molecule has 1 saturated carbocycles. The second-order valence-corrected chi connectivity index (χ2v) is 4.24. The first-order chi connectivity index (χ1) is 8.94. The second-order valence-electron chi connectivity index (χ2n) is 4.24. The Morgan fingerprint density at radius 1 is 1.32 bits per heavy atom. The number of carbonyl (C=O) groups is 1. The number of para-hydroxylation sites is 2. The van der Waals surface area contributed by atoms with Crippen molar-refractivity contribution in [3.63, 3.8) is 0 Å². The summed E-state index contributed by atoms with van der Waals surface area (Å²) in [6.45, 7) is -0.0886. The van der Waals surface area contributed by atoms with E-state index in [0.717, 1.165) is 12.8 Å². The Morgan fingerprint density at radius 2 is 2.00 bits per heavy atom. The molecule has 0 aromatic heterocycles. The molecule has 1 fully saturated rings. The maximum atomic E-state index is 12.2. The highest BCUT2D eigenvalue weighted by Crippen LogP contribution is 2.29. The smallest absolute Gasteiger partial charge is 0.404 e. The zero-order valence-electron chi connectivity index (χ0n) is 9.96. The molecule has 1 amide bonds. The van der Waals surface area contributed by atoms with Crippen molar-refractivity contribution in [3.05, 3.63) is 24.3 Å². The molecule has 0 radical (unpaired) electrons. The van der Waals surface area contributed by atoms with Crippen LogP contribution in [-0.2, 0) is 4.79 Å². The van der Waals surface area contributed by atoms with Gasteiger partial charge in [-0.15, -0.1) is 13.2 Å². The molecule has 2 rings (SSSR count). The average molecular weight is 274 g/mol. The Bertz CT molecular complexity index is 459. The third-order valence-corrected chi connectivity index (χ3v) is 2.49. The second kappa shape index (κ2) is 5.38. The third kappa shape index (κ3) is 4.69. The lowest BCUT2D eigenvalue weighted by molar-refractivity contribution is -0.274. The summed E-state index contributed by atoms with van der Waals surface area (Å²) in [4.78, 5) is 11.4. The molecule has 0 saturated heterocycles.